The molecule has 0 amide bonds. The van der Waals surface area contributed by atoms with Crippen LogP contribution in [0.25, 0.3) is 33.1 Å². The quantitative estimate of drug-likeness (QED) is 0.446. The number of rotatable bonds is 2. The van der Waals surface area contributed by atoms with Crippen LogP contribution in [0.3, 0.4) is 0 Å². The molecule has 4 aromatic rings. The second-order valence-electron chi connectivity index (χ2n) is 7.11. The summed E-state index contributed by atoms with van der Waals surface area (Å²) in [6, 6.07) is 17.1. The van der Waals surface area contributed by atoms with Crippen molar-refractivity contribution in [2.75, 3.05) is 0 Å². The van der Waals surface area contributed by atoms with Crippen molar-refractivity contribution in [2.24, 2.45) is 5.92 Å². The van der Waals surface area contributed by atoms with Gasteiger partial charge in [-0.2, -0.15) is 0 Å². The highest BCUT2D eigenvalue weighted by molar-refractivity contribution is 7.16. The molecule has 1 N–H and O–H groups in total. The summed E-state index contributed by atoms with van der Waals surface area (Å²) >= 11 is 1.86. The van der Waals surface area contributed by atoms with Crippen LogP contribution in [0.15, 0.2) is 54.7 Å². The number of aromatic amines is 1. The first-order valence-electron chi connectivity index (χ1n) is 9.04. The van der Waals surface area contributed by atoms with Crippen LogP contribution in [-0.2, 0) is 6.42 Å². The van der Waals surface area contributed by atoms with Crippen molar-refractivity contribution in [1.82, 2.24) is 9.97 Å². The zero-order valence-corrected chi connectivity index (χ0v) is 15.7. The number of nitrogens with one attached hydrogen (secondary N) is 1. The molecule has 0 bridgehead atoms. The minimum Gasteiger partial charge on any atom is -0.358 e. The molecule has 0 saturated heterocycles. The van der Waals surface area contributed by atoms with Crippen LogP contribution in [0.5, 0.6) is 0 Å². The minimum absolute atomic E-state index is 0.505. The second kappa shape index (κ2) is 5.96. The average molecular weight is 356 g/mol. The summed E-state index contributed by atoms with van der Waals surface area (Å²) in [5, 5.41) is 1.32. The van der Waals surface area contributed by atoms with Crippen LogP contribution in [-0.4, -0.2) is 9.97 Å². The van der Waals surface area contributed by atoms with Gasteiger partial charge < -0.3 is 4.98 Å². The first kappa shape index (κ1) is 15.6. The van der Waals surface area contributed by atoms with Gasteiger partial charge in [0.2, 0.25) is 0 Å². The van der Waals surface area contributed by atoms with E-state index in [-0.39, 0.29) is 0 Å². The maximum absolute atomic E-state index is 4.54. The van der Waals surface area contributed by atoms with E-state index in [2.05, 4.69) is 72.4 Å². The molecule has 0 aliphatic heterocycles. The van der Waals surface area contributed by atoms with Crippen molar-refractivity contribution >= 4 is 33.9 Å². The predicted octanol–water partition coefficient (Wildman–Crippen LogP) is 6.33. The van der Waals surface area contributed by atoms with Gasteiger partial charge in [0.1, 0.15) is 0 Å². The minimum atomic E-state index is 0.505. The standard InChI is InChI=1S/C23H20N2S/c1-14-11-21-18(16-7-3-4-8-19(16)25-21)13-17(14)22-12-15(2)23(26-22)20-9-5-6-10-24-20/h3-10,12-14,25H,11H2,1-2H3. The highest BCUT2D eigenvalue weighted by Gasteiger charge is 2.24. The molecule has 3 heteroatoms. The van der Waals surface area contributed by atoms with Gasteiger partial charge >= 0.3 is 0 Å². The Morgan fingerprint density at radius 2 is 1.96 bits per heavy atom. The van der Waals surface area contributed by atoms with E-state index < -0.39 is 0 Å². The molecule has 1 aromatic carbocycles. The first-order chi connectivity index (χ1) is 12.7. The van der Waals surface area contributed by atoms with Crippen molar-refractivity contribution in [3.05, 3.63) is 76.4 Å². The molecule has 0 spiro atoms. The summed E-state index contributed by atoms with van der Waals surface area (Å²) < 4.78 is 0. The van der Waals surface area contributed by atoms with Gasteiger partial charge in [-0.05, 0) is 60.7 Å². The number of hydrogen-bond acceptors (Lipinski definition) is 2. The van der Waals surface area contributed by atoms with Gasteiger partial charge in [-0.1, -0.05) is 31.2 Å². The van der Waals surface area contributed by atoms with E-state index >= 15 is 0 Å². The third-order valence-electron chi connectivity index (χ3n) is 5.27. The van der Waals surface area contributed by atoms with Crippen LogP contribution in [0.1, 0.15) is 28.6 Å². The number of hydrogen-bond donors (Lipinski definition) is 1. The number of aryl methyl sites for hydroxylation is 1. The van der Waals surface area contributed by atoms with Gasteiger partial charge in [0.15, 0.2) is 0 Å². The summed E-state index contributed by atoms with van der Waals surface area (Å²) in [4.78, 5) is 10.8. The highest BCUT2D eigenvalue weighted by Crippen LogP contribution is 2.42. The van der Waals surface area contributed by atoms with Crippen molar-refractivity contribution < 1.29 is 0 Å². The third-order valence-corrected chi connectivity index (χ3v) is 6.58. The van der Waals surface area contributed by atoms with Crippen LogP contribution in [0, 0.1) is 12.8 Å². The number of nitrogens with zero attached hydrogens (tertiary/aromatic N) is 1. The fourth-order valence-corrected chi connectivity index (χ4v) is 5.23. The number of para-hydroxylation sites is 1. The Morgan fingerprint density at radius 3 is 2.81 bits per heavy atom. The Balaban J connectivity index is 1.64. The van der Waals surface area contributed by atoms with E-state index in [0.29, 0.717) is 5.92 Å². The molecular formula is C23H20N2S. The molecule has 26 heavy (non-hydrogen) atoms. The van der Waals surface area contributed by atoms with Crippen molar-refractivity contribution in [1.29, 1.82) is 0 Å². The molecule has 128 valence electrons. The lowest BCUT2D eigenvalue weighted by molar-refractivity contribution is 0.726. The zero-order valence-electron chi connectivity index (χ0n) is 14.9. The van der Waals surface area contributed by atoms with Crippen LogP contribution >= 0.6 is 11.3 Å². The molecule has 1 atom stereocenters. The SMILES string of the molecule is Cc1cc(C2=Cc3c([nH]c4ccccc34)CC2C)sc1-c1ccccn1. The Labute approximate surface area is 157 Å². The summed E-state index contributed by atoms with van der Waals surface area (Å²) in [5.74, 6) is 0.505. The number of H-pyrrole nitrogens is 1. The number of pyridine rings is 1. The Bertz CT molecular complexity index is 1130. The molecule has 1 aliphatic rings. The van der Waals surface area contributed by atoms with Gasteiger partial charge in [-0.15, -0.1) is 11.3 Å². The average Bonchev–Trinajstić information content (AvgIpc) is 3.21. The molecule has 0 radical (unpaired) electrons. The normalized spacial score (nSPS) is 16.5. The summed E-state index contributed by atoms with van der Waals surface area (Å²) in [6.45, 7) is 4.52. The third kappa shape index (κ3) is 2.43. The van der Waals surface area contributed by atoms with E-state index in [1.54, 1.807) is 0 Å². The van der Waals surface area contributed by atoms with Gasteiger partial charge in [0, 0.05) is 33.2 Å². The summed E-state index contributed by atoms with van der Waals surface area (Å²) in [7, 11) is 0. The van der Waals surface area contributed by atoms with E-state index in [1.807, 2.05) is 23.6 Å². The van der Waals surface area contributed by atoms with Crippen molar-refractivity contribution in [3.8, 4) is 10.6 Å². The number of benzene rings is 1. The van der Waals surface area contributed by atoms with Crippen molar-refractivity contribution in [2.45, 2.75) is 20.3 Å². The first-order valence-corrected chi connectivity index (χ1v) is 9.86. The maximum atomic E-state index is 4.54. The monoisotopic (exact) mass is 356 g/mol. The van der Waals surface area contributed by atoms with Crippen molar-refractivity contribution in [3.63, 3.8) is 0 Å². The molecule has 1 aliphatic carbocycles. The van der Waals surface area contributed by atoms with E-state index in [1.165, 1.54) is 43.1 Å². The molecule has 1 unspecified atom stereocenters. The van der Waals surface area contributed by atoms with Crippen LogP contribution in [0.2, 0.25) is 0 Å². The van der Waals surface area contributed by atoms with Crippen LogP contribution in [0.4, 0.5) is 0 Å². The largest absolute Gasteiger partial charge is 0.358 e. The fraction of sp³-hybridized carbons (Fsp3) is 0.174. The Morgan fingerprint density at radius 1 is 1.12 bits per heavy atom. The second-order valence-corrected chi connectivity index (χ2v) is 8.16. The van der Waals surface area contributed by atoms with Crippen LogP contribution < -0.4 is 0 Å². The van der Waals surface area contributed by atoms with E-state index in [0.717, 1.165) is 12.1 Å². The highest BCUT2D eigenvalue weighted by atomic mass is 32.1. The summed E-state index contributed by atoms with van der Waals surface area (Å²) in [5.41, 5.74) is 7.77. The predicted molar refractivity (Wildman–Crippen MR) is 111 cm³/mol. The lowest BCUT2D eigenvalue weighted by Gasteiger charge is -2.20. The Hall–Kier alpha value is -2.65. The number of aromatic nitrogens is 2. The molecule has 3 aromatic heterocycles. The molecule has 0 saturated carbocycles. The number of fused-ring (bicyclic) bond motifs is 3. The topological polar surface area (TPSA) is 28.7 Å². The molecule has 3 heterocycles. The lowest BCUT2D eigenvalue weighted by Crippen LogP contribution is -2.08. The fourth-order valence-electron chi connectivity index (χ4n) is 3.95. The van der Waals surface area contributed by atoms with Gasteiger partial charge in [0.05, 0.1) is 10.6 Å². The van der Waals surface area contributed by atoms with E-state index in [4.69, 9.17) is 0 Å². The van der Waals surface area contributed by atoms with Gasteiger partial charge in [-0.25, -0.2) is 0 Å². The molecular weight excluding hydrogens is 336 g/mol. The number of thiophene rings is 1. The number of allylic oxidation sites excluding steroid dienone is 1. The lowest BCUT2D eigenvalue weighted by atomic mass is 9.86. The molecule has 0 fully saturated rings. The maximum Gasteiger partial charge on any atom is 0.0804 e. The van der Waals surface area contributed by atoms with Gasteiger partial charge in [0.25, 0.3) is 0 Å². The summed E-state index contributed by atoms with van der Waals surface area (Å²) in [6.07, 6.45) is 5.33. The van der Waals surface area contributed by atoms with Gasteiger partial charge in [-0.3, -0.25) is 4.98 Å². The molecule has 5 rings (SSSR count). The van der Waals surface area contributed by atoms with E-state index in [9.17, 15) is 0 Å². The Kier molecular flexibility index (Phi) is 3.57. The molecule has 2 nitrogen and oxygen atoms in total. The smallest absolute Gasteiger partial charge is 0.0804 e. The zero-order chi connectivity index (χ0) is 17.7.